The standard InChI is InChI=1S/C62H35F6N5/c63-61(64,65)47-21-11-19-40(29-47)51-33-46(56-35-55(38-13-3-1-4-14-38)71-60(72-56)39-15-5-2-6-16-39)34-52(41-20-12-22-48(30-41)62(66,67)68)59(51)73-57-27-25-42(49-23-9-7-17-44(49)36-69)31-53(57)54-32-43(26-28-58(54)73)50-24-10-8-18-45(50)37-70/h1-35H. The molecule has 0 bridgehead atoms. The van der Waals surface area contributed by atoms with E-state index in [4.69, 9.17) is 9.97 Å². The SMILES string of the molecule is N#Cc1ccccc1-c1ccc2c(c1)c1cc(-c3ccccc3C#N)ccc1n2-c1c(-c2cccc(C(F)(F)F)c2)cc(-c2cc(-c3ccccc3)nc(-c3ccccc3)n2)cc1-c1cccc(C(F)(F)F)c1. The van der Waals surface area contributed by atoms with E-state index in [9.17, 15) is 36.9 Å². The Hall–Kier alpha value is -9.58. The van der Waals surface area contributed by atoms with Gasteiger partial charge in [-0.05, 0) is 112 Å². The molecule has 11 rings (SSSR count). The van der Waals surface area contributed by atoms with Crippen molar-refractivity contribution in [2.75, 3.05) is 0 Å². The second-order valence-electron chi connectivity index (χ2n) is 17.4. The Morgan fingerprint density at radius 3 is 1.23 bits per heavy atom. The van der Waals surface area contributed by atoms with Crippen LogP contribution >= 0.6 is 0 Å². The highest BCUT2D eigenvalue weighted by Gasteiger charge is 2.33. The first-order valence-corrected chi connectivity index (χ1v) is 23.0. The van der Waals surface area contributed by atoms with Crippen LogP contribution in [0.2, 0.25) is 0 Å². The van der Waals surface area contributed by atoms with Crippen LogP contribution in [0.25, 0.3) is 106 Å². The van der Waals surface area contributed by atoms with Crippen molar-refractivity contribution in [3.05, 3.63) is 235 Å². The summed E-state index contributed by atoms with van der Waals surface area (Å²) < 4.78 is 90.8. The van der Waals surface area contributed by atoms with Crippen molar-refractivity contribution in [2.45, 2.75) is 12.4 Å². The van der Waals surface area contributed by atoms with Crippen LogP contribution in [-0.4, -0.2) is 14.5 Å². The van der Waals surface area contributed by atoms with Crippen LogP contribution in [0.5, 0.6) is 0 Å². The highest BCUT2D eigenvalue weighted by atomic mass is 19.4. The summed E-state index contributed by atoms with van der Waals surface area (Å²) in [6, 6.07) is 63.8. The molecule has 0 radical (unpaired) electrons. The molecule has 0 amide bonds. The fourth-order valence-corrected chi connectivity index (χ4v) is 9.52. The summed E-state index contributed by atoms with van der Waals surface area (Å²) in [5, 5.41) is 21.7. The number of nitriles is 2. The summed E-state index contributed by atoms with van der Waals surface area (Å²) in [5.41, 5.74) is 6.68. The zero-order valence-electron chi connectivity index (χ0n) is 38.2. The van der Waals surface area contributed by atoms with E-state index in [-0.39, 0.29) is 22.3 Å². The Morgan fingerprint density at radius 1 is 0.356 bits per heavy atom. The summed E-state index contributed by atoms with van der Waals surface area (Å²) >= 11 is 0. The molecule has 0 N–H and O–H groups in total. The number of aromatic nitrogens is 3. The maximum atomic E-state index is 14.8. The average Bonchev–Trinajstić information content (AvgIpc) is 3.75. The molecule has 2 heterocycles. The number of hydrogen-bond acceptors (Lipinski definition) is 4. The van der Waals surface area contributed by atoms with Crippen molar-refractivity contribution >= 4 is 21.8 Å². The molecule has 9 aromatic carbocycles. The molecule has 0 unspecified atom stereocenters. The number of alkyl halides is 6. The van der Waals surface area contributed by atoms with E-state index in [1.807, 2.05) is 126 Å². The summed E-state index contributed by atoms with van der Waals surface area (Å²) in [6.45, 7) is 0. The van der Waals surface area contributed by atoms with Crippen molar-refractivity contribution in [3.8, 4) is 96.2 Å². The lowest BCUT2D eigenvalue weighted by Gasteiger charge is -2.22. The molecule has 0 aliphatic rings. The third-order valence-electron chi connectivity index (χ3n) is 12.9. The first kappa shape index (κ1) is 45.8. The fourth-order valence-electron chi connectivity index (χ4n) is 9.52. The summed E-state index contributed by atoms with van der Waals surface area (Å²) in [5.74, 6) is 0.354. The maximum absolute atomic E-state index is 14.8. The third kappa shape index (κ3) is 8.64. The highest BCUT2D eigenvalue weighted by Crippen LogP contribution is 2.47. The Labute approximate surface area is 414 Å². The molecule has 5 nitrogen and oxygen atoms in total. The minimum atomic E-state index is -4.75. The third-order valence-corrected chi connectivity index (χ3v) is 12.9. The van der Waals surface area contributed by atoms with Crippen LogP contribution in [0.3, 0.4) is 0 Å². The second-order valence-corrected chi connectivity index (χ2v) is 17.4. The van der Waals surface area contributed by atoms with Gasteiger partial charge in [0, 0.05) is 38.6 Å². The van der Waals surface area contributed by atoms with Gasteiger partial charge in [0.2, 0.25) is 0 Å². The van der Waals surface area contributed by atoms with Gasteiger partial charge in [0.1, 0.15) is 0 Å². The average molecular weight is 964 g/mol. The number of nitrogens with zero attached hydrogens (tertiary/aromatic N) is 5. The number of halogens is 6. The highest BCUT2D eigenvalue weighted by molar-refractivity contribution is 6.13. The molecule has 11 aromatic rings. The van der Waals surface area contributed by atoms with Gasteiger partial charge in [-0.25, -0.2) is 9.97 Å². The van der Waals surface area contributed by atoms with Crippen LogP contribution in [0.1, 0.15) is 22.3 Å². The van der Waals surface area contributed by atoms with Crippen molar-refractivity contribution in [3.63, 3.8) is 0 Å². The second kappa shape index (κ2) is 18.3. The van der Waals surface area contributed by atoms with Gasteiger partial charge in [-0.15, -0.1) is 0 Å². The Bertz CT molecular complexity index is 3780. The van der Waals surface area contributed by atoms with Gasteiger partial charge in [0.05, 0.1) is 62.5 Å². The van der Waals surface area contributed by atoms with E-state index in [0.29, 0.717) is 89.2 Å². The number of rotatable bonds is 8. The Kier molecular flexibility index (Phi) is 11.5. The van der Waals surface area contributed by atoms with Gasteiger partial charge in [0.25, 0.3) is 0 Å². The molecule has 0 spiro atoms. The number of benzene rings is 9. The van der Waals surface area contributed by atoms with E-state index >= 15 is 0 Å². The molecule has 11 heteroatoms. The van der Waals surface area contributed by atoms with Crippen molar-refractivity contribution in [1.82, 2.24) is 14.5 Å². The summed E-state index contributed by atoms with van der Waals surface area (Å²) in [7, 11) is 0. The summed E-state index contributed by atoms with van der Waals surface area (Å²) in [6.07, 6.45) is -9.50. The van der Waals surface area contributed by atoms with Crippen molar-refractivity contribution in [2.24, 2.45) is 0 Å². The smallest absolute Gasteiger partial charge is 0.308 e. The Balaban J connectivity index is 1.30. The van der Waals surface area contributed by atoms with Crippen LogP contribution in [0.15, 0.2) is 212 Å². The van der Waals surface area contributed by atoms with E-state index in [2.05, 4.69) is 12.1 Å². The molecule has 0 aliphatic carbocycles. The van der Waals surface area contributed by atoms with Crippen molar-refractivity contribution < 1.29 is 26.3 Å². The van der Waals surface area contributed by atoms with Crippen LogP contribution < -0.4 is 0 Å². The predicted molar refractivity (Wildman–Crippen MR) is 274 cm³/mol. The van der Waals surface area contributed by atoms with Crippen LogP contribution in [0, 0.1) is 22.7 Å². The van der Waals surface area contributed by atoms with Gasteiger partial charge in [-0.1, -0.05) is 133 Å². The molecule has 2 aromatic heterocycles. The molecule has 0 fully saturated rings. The van der Waals surface area contributed by atoms with Gasteiger partial charge in [-0.2, -0.15) is 36.9 Å². The van der Waals surface area contributed by atoms with Crippen LogP contribution in [0.4, 0.5) is 26.3 Å². The maximum Gasteiger partial charge on any atom is 0.416 e. The minimum absolute atomic E-state index is 0.134. The molecule has 73 heavy (non-hydrogen) atoms. The summed E-state index contributed by atoms with van der Waals surface area (Å²) in [4.78, 5) is 10.00. The lowest BCUT2D eigenvalue weighted by Crippen LogP contribution is -2.07. The minimum Gasteiger partial charge on any atom is -0.308 e. The van der Waals surface area contributed by atoms with E-state index in [1.165, 1.54) is 12.1 Å². The van der Waals surface area contributed by atoms with Crippen molar-refractivity contribution in [1.29, 1.82) is 10.5 Å². The lowest BCUT2D eigenvalue weighted by atomic mass is 9.90. The number of hydrogen-bond donors (Lipinski definition) is 0. The van der Waals surface area contributed by atoms with Gasteiger partial charge < -0.3 is 4.57 Å². The zero-order valence-corrected chi connectivity index (χ0v) is 38.2. The lowest BCUT2D eigenvalue weighted by molar-refractivity contribution is -0.138. The topological polar surface area (TPSA) is 78.3 Å². The van der Waals surface area contributed by atoms with Gasteiger partial charge in [-0.3, -0.25) is 0 Å². The van der Waals surface area contributed by atoms with Gasteiger partial charge >= 0.3 is 12.4 Å². The fraction of sp³-hybridized carbons (Fsp3) is 0.0323. The van der Waals surface area contributed by atoms with E-state index in [1.54, 1.807) is 54.6 Å². The molecule has 0 saturated carbocycles. The Morgan fingerprint density at radius 2 is 0.767 bits per heavy atom. The molecule has 0 aliphatic heterocycles. The molecule has 350 valence electrons. The number of fused-ring (bicyclic) bond motifs is 3. The van der Waals surface area contributed by atoms with E-state index < -0.39 is 23.5 Å². The zero-order chi connectivity index (χ0) is 50.4. The van der Waals surface area contributed by atoms with Crippen LogP contribution in [-0.2, 0) is 12.4 Å². The monoisotopic (exact) mass is 963 g/mol. The normalized spacial score (nSPS) is 11.7. The largest absolute Gasteiger partial charge is 0.416 e. The van der Waals surface area contributed by atoms with Gasteiger partial charge in [0.15, 0.2) is 5.82 Å². The molecular formula is C62H35F6N5. The van der Waals surface area contributed by atoms with E-state index in [0.717, 1.165) is 29.8 Å². The molecular weight excluding hydrogens is 929 g/mol. The quantitative estimate of drug-likeness (QED) is 0.142. The first-order chi connectivity index (χ1) is 35.4. The first-order valence-electron chi connectivity index (χ1n) is 23.0. The predicted octanol–water partition coefficient (Wildman–Crippen LogP) is 17.0. The molecule has 0 atom stereocenters. The molecule has 0 saturated heterocycles.